The van der Waals surface area contributed by atoms with Crippen LogP contribution in [0.3, 0.4) is 0 Å². The van der Waals surface area contributed by atoms with E-state index in [1.807, 2.05) is 6.07 Å². The van der Waals surface area contributed by atoms with Gasteiger partial charge in [-0.25, -0.2) is 14.4 Å². The predicted molar refractivity (Wildman–Crippen MR) is 70.3 cm³/mol. The van der Waals surface area contributed by atoms with E-state index >= 15 is 0 Å². The lowest BCUT2D eigenvalue weighted by atomic mass is 10.2. The van der Waals surface area contributed by atoms with Crippen LogP contribution in [-0.4, -0.2) is 19.9 Å². The van der Waals surface area contributed by atoms with E-state index < -0.39 is 5.82 Å². The Morgan fingerprint density at radius 3 is 2.53 bits per heavy atom. The summed E-state index contributed by atoms with van der Waals surface area (Å²) in [7, 11) is 0. The van der Waals surface area contributed by atoms with Gasteiger partial charge in [0.25, 0.3) is 0 Å². The average Bonchev–Trinajstić information content (AvgIpc) is 2.43. The fourth-order valence-electron chi connectivity index (χ4n) is 1.76. The third-order valence-electron chi connectivity index (χ3n) is 2.70. The highest BCUT2D eigenvalue weighted by Crippen LogP contribution is 2.23. The normalized spacial score (nSPS) is 10.9. The highest BCUT2D eigenvalue weighted by Gasteiger charge is 2.11. The molecule has 0 spiro atoms. The number of rotatable bonds is 1. The molecule has 6 heteroatoms. The minimum Gasteiger partial charge on any atom is -0.253 e. The van der Waals surface area contributed by atoms with E-state index in [1.165, 1.54) is 0 Å². The zero-order valence-electron chi connectivity index (χ0n) is 9.93. The molecule has 2 heterocycles. The van der Waals surface area contributed by atoms with E-state index in [0.29, 0.717) is 5.82 Å². The fraction of sp³-hybridized carbons (Fsp3) is 0.0769. The van der Waals surface area contributed by atoms with Gasteiger partial charge in [0.05, 0.1) is 16.7 Å². The minimum absolute atomic E-state index is 0.179. The van der Waals surface area contributed by atoms with E-state index in [2.05, 4.69) is 19.9 Å². The van der Waals surface area contributed by atoms with E-state index in [4.69, 9.17) is 11.6 Å². The van der Waals surface area contributed by atoms with Crippen molar-refractivity contribution in [3.05, 3.63) is 47.3 Å². The van der Waals surface area contributed by atoms with Gasteiger partial charge in [-0.05, 0) is 25.1 Å². The molecular formula is C13H8ClFN4. The summed E-state index contributed by atoms with van der Waals surface area (Å²) in [6.45, 7) is 1.55. The van der Waals surface area contributed by atoms with Crippen molar-refractivity contribution in [2.45, 2.75) is 6.92 Å². The van der Waals surface area contributed by atoms with Gasteiger partial charge >= 0.3 is 0 Å². The Balaban J connectivity index is 2.19. The first-order valence-electron chi connectivity index (χ1n) is 5.56. The van der Waals surface area contributed by atoms with Crippen molar-refractivity contribution in [3.8, 4) is 11.4 Å². The molecule has 0 aliphatic heterocycles. The number of aromatic nitrogens is 4. The second kappa shape index (κ2) is 4.51. The van der Waals surface area contributed by atoms with Crippen LogP contribution in [0.25, 0.3) is 22.4 Å². The Bertz CT molecular complexity index is 752. The van der Waals surface area contributed by atoms with Gasteiger partial charge in [-0.15, -0.1) is 0 Å². The molecule has 3 aromatic rings. The molecule has 0 unspecified atom stereocenters. The highest BCUT2D eigenvalue weighted by atomic mass is 35.5. The van der Waals surface area contributed by atoms with Crippen LogP contribution in [0.4, 0.5) is 4.39 Å². The Labute approximate surface area is 113 Å². The molecule has 1 aromatic carbocycles. The maximum atomic E-state index is 13.4. The third-order valence-corrected chi connectivity index (χ3v) is 2.95. The molecule has 0 N–H and O–H groups in total. The summed E-state index contributed by atoms with van der Waals surface area (Å²) >= 11 is 5.73. The maximum absolute atomic E-state index is 13.4. The van der Waals surface area contributed by atoms with Crippen LogP contribution in [0.2, 0.25) is 5.15 Å². The Morgan fingerprint density at radius 2 is 1.79 bits per heavy atom. The van der Waals surface area contributed by atoms with Gasteiger partial charge < -0.3 is 0 Å². The number of halogens is 2. The molecule has 0 amide bonds. The number of benzene rings is 1. The van der Waals surface area contributed by atoms with Crippen molar-refractivity contribution < 1.29 is 4.39 Å². The molecular weight excluding hydrogens is 267 g/mol. The molecule has 4 nitrogen and oxygen atoms in total. The quantitative estimate of drug-likeness (QED) is 0.640. The van der Waals surface area contributed by atoms with Crippen LogP contribution in [0.5, 0.6) is 0 Å². The first-order valence-corrected chi connectivity index (χ1v) is 5.94. The van der Waals surface area contributed by atoms with Crippen LogP contribution < -0.4 is 0 Å². The summed E-state index contributed by atoms with van der Waals surface area (Å²) in [5.41, 5.74) is 2.44. The van der Waals surface area contributed by atoms with Crippen LogP contribution >= 0.6 is 11.6 Å². The van der Waals surface area contributed by atoms with Crippen LogP contribution in [-0.2, 0) is 0 Å². The Hall–Kier alpha value is -2.14. The van der Waals surface area contributed by atoms with Crippen LogP contribution in [0, 0.1) is 12.7 Å². The summed E-state index contributed by atoms with van der Waals surface area (Å²) in [5.74, 6) is -0.220. The van der Waals surface area contributed by atoms with Gasteiger partial charge in [-0.3, -0.25) is 9.97 Å². The second-order valence-corrected chi connectivity index (χ2v) is 4.36. The number of aryl methyl sites for hydroxylation is 1. The molecule has 94 valence electrons. The molecule has 0 aliphatic carbocycles. The van der Waals surface area contributed by atoms with Gasteiger partial charge in [0, 0.05) is 18.0 Å². The largest absolute Gasteiger partial charge is 0.253 e. The molecule has 0 saturated carbocycles. The van der Waals surface area contributed by atoms with Crippen molar-refractivity contribution in [2.24, 2.45) is 0 Å². The smallest absolute Gasteiger partial charge is 0.181 e. The van der Waals surface area contributed by atoms with Gasteiger partial charge in [-0.2, -0.15) is 0 Å². The molecule has 3 rings (SSSR count). The lowest BCUT2D eigenvalue weighted by molar-refractivity contribution is 0.603. The number of nitrogens with zero attached hydrogens (tertiary/aromatic N) is 4. The molecule has 0 fully saturated rings. The standard InChI is InChI=1S/C13H8ClFN4/c1-7-11(15)12(14)19-13(18-7)8-2-3-9-10(6-8)17-5-4-16-9/h2-6H,1H3. The average molecular weight is 275 g/mol. The molecule has 0 saturated heterocycles. The predicted octanol–water partition coefficient (Wildman–Crippen LogP) is 3.19. The summed E-state index contributed by atoms with van der Waals surface area (Å²) < 4.78 is 13.4. The molecule has 0 aliphatic rings. The van der Waals surface area contributed by atoms with Crippen LogP contribution in [0.15, 0.2) is 30.6 Å². The second-order valence-electron chi connectivity index (χ2n) is 4.00. The van der Waals surface area contributed by atoms with Gasteiger partial charge in [0.15, 0.2) is 16.8 Å². The van der Waals surface area contributed by atoms with Crippen molar-refractivity contribution in [1.29, 1.82) is 0 Å². The SMILES string of the molecule is Cc1nc(-c2ccc3nccnc3c2)nc(Cl)c1F. The first-order chi connectivity index (χ1) is 9.15. The monoisotopic (exact) mass is 274 g/mol. The lowest BCUT2D eigenvalue weighted by Crippen LogP contribution is -1.97. The van der Waals surface area contributed by atoms with E-state index in [0.717, 1.165) is 16.6 Å². The van der Waals surface area contributed by atoms with Crippen molar-refractivity contribution in [2.75, 3.05) is 0 Å². The summed E-state index contributed by atoms with van der Waals surface area (Å²) in [6, 6.07) is 5.42. The third kappa shape index (κ3) is 2.13. The highest BCUT2D eigenvalue weighted by molar-refractivity contribution is 6.29. The van der Waals surface area contributed by atoms with E-state index in [9.17, 15) is 4.39 Å². The molecule has 19 heavy (non-hydrogen) atoms. The van der Waals surface area contributed by atoms with Crippen molar-refractivity contribution in [1.82, 2.24) is 19.9 Å². The number of hydrogen-bond donors (Lipinski definition) is 0. The van der Waals surface area contributed by atoms with E-state index in [-0.39, 0.29) is 10.8 Å². The van der Waals surface area contributed by atoms with Crippen molar-refractivity contribution in [3.63, 3.8) is 0 Å². The summed E-state index contributed by atoms with van der Waals surface area (Å²) in [5, 5.41) is -0.179. The Morgan fingerprint density at radius 1 is 1.05 bits per heavy atom. The minimum atomic E-state index is -0.592. The zero-order valence-corrected chi connectivity index (χ0v) is 10.7. The zero-order chi connectivity index (χ0) is 13.4. The lowest BCUT2D eigenvalue weighted by Gasteiger charge is -2.04. The fourth-order valence-corrected chi connectivity index (χ4v) is 1.97. The number of fused-ring (bicyclic) bond motifs is 1. The Kier molecular flexibility index (Phi) is 2.83. The molecule has 0 radical (unpaired) electrons. The maximum Gasteiger partial charge on any atom is 0.181 e. The van der Waals surface area contributed by atoms with E-state index in [1.54, 1.807) is 31.5 Å². The van der Waals surface area contributed by atoms with Gasteiger partial charge in [-0.1, -0.05) is 11.6 Å². The topological polar surface area (TPSA) is 51.6 Å². The van der Waals surface area contributed by atoms with Gasteiger partial charge in [0.2, 0.25) is 0 Å². The van der Waals surface area contributed by atoms with Crippen molar-refractivity contribution >= 4 is 22.6 Å². The van der Waals surface area contributed by atoms with Crippen LogP contribution in [0.1, 0.15) is 5.69 Å². The molecule has 0 atom stereocenters. The number of hydrogen-bond acceptors (Lipinski definition) is 4. The molecule has 0 bridgehead atoms. The van der Waals surface area contributed by atoms with Gasteiger partial charge in [0.1, 0.15) is 0 Å². The summed E-state index contributed by atoms with van der Waals surface area (Å²) in [4.78, 5) is 16.4. The molecule has 2 aromatic heterocycles. The summed E-state index contributed by atoms with van der Waals surface area (Å²) in [6.07, 6.45) is 3.23. The first kappa shape index (κ1) is 11.9.